The summed E-state index contributed by atoms with van der Waals surface area (Å²) in [6, 6.07) is 2.93. The zero-order valence-electron chi connectivity index (χ0n) is 13.3. The van der Waals surface area contributed by atoms with Crippen molar-refractivity contribution in [2.75, 3.05) is 19.6 Å². The third-order valence-corrected chi connectivity index (χ3v) is 4.57. The van der Waals surface area contributed by atoms with E-state index in [2.05, 4.69) is 23.7 Å². The van der Waals surface area contributed by atoms with Crippen LogP contribution in [-0.2, 0) is 0 Å². The quantitative estimate of drug-likeness (QED) is 0.924. The normalized spacial score (nSPS) is 22.5. The highest BCUT2D eigenvalue weighted by Crippen LogP contribution is 2.30. The van der Waals surface area contributed by atoms with Gasteiger partial charge in [-0.2, -0.15) is 0 Å². The van der Waals surface area contributed by atoms with E-state index in [-0.39, 0.29) is 11.7 Å². The Labute approximate surface area is 127 Å². The lowest BCUT2D eigenvalue weighted by atomic mass is 9.85. The van der Waals surface area contributed by atoms with E-state index in [4.69, 9.17) is 0 Å². The molecule has 0 saturated carbocycles. The number of pyridine rings is 1. The van der Waals surface area contributed by atoms with E-state index in [0.29, 0.717) is 11.1 Å². The molecule has 3 nitrogen and oxygen atoms in total. The number of nitrogens with zero attached hydrogens (tertiary/aromatic N) is 2. The molecular formula is C17H27FN2O. The zero-order valence-corrected chi connectivity index (χ0v) is 13.3. The van der Waals surface area contributed by atoms with Crippen LogP contribution in [0.2, 0.25) is 0 Å². The van der Waals surface area contributed by atoms with E-state index in [0.717, 1.165) is 19.6 Å². The molecule has 0 aliphatic carbocycles. The minimum Gasteiger partial charge on any atom is -0.386 e. The van der Waals surface area contributed by atoms with Gasteiger partial charge in [-0.05, 0) is 49.9 Å². The number of halogens is 1. The Hall–Kier alpha value is -1.00. The molecule has 0 amide bonds. The fourth-order valence-corrected chi connectivity index (χ4v) is 3.02. The van der Waals surface area contributed by atoms with Crippen molar-refractivity contribution in [3.05, 3.63) is 29.8 Å². The molecular weight excluding hydrogens is 267 g/mol. The van der Waals surface area contributed by atoms with Gasteiger partial charge in [-0.1, -0.05) is 20.8 Å². The third-order valence-electron chi connectivity index (χ3n) is 4.57. The van der Waals surface area contributed by atoms with Gasteiger partial charge < -0.3 is 10.0 Å². The number of aromatic nitrogens is 1. The molecule has 118 valence electrons. The number of hydrogen-bond donors (Lipinski definition) is 1. The van der Waals surface area contributed by atoms with E-state index in [1.165, 1.54) is 31.5 Å². The monoisotopic (exact) mass is 294 g/mol. The molecule has 1 N–H and O–H groups in total. The Morgan fingerprint density at radius 1 is 1.33 bits per heavy atom. The molecule has 0 bridgehead atoms. The second-order valence-electron chi connectivity index (χ2n) is 7.14. The minimum atomic E-state index is -0.637. The molecule has 1 saturated heterocycles. The van der Waals surface area contributed by atoms with Crippen LogP contribution in [0.4, 0.5) is 4.39 Å². The predicted molar refractivity (Wildman–Crippen MR) is 82.4 cm³/mol. The van der Waals surface area contributed by atoms with E-state index in [1.54, 1.807) is 6.07 Å². The number of aliphatic hydroxyl groups excluding tert-OH is 1. The maximum Gasteiger partial charge on any atom is 0.141 e. The van der Waals surface area contributed by atoms with Crippen LogP contribution in [0.15, 0.2) is 18.3 Å². The van der Waals surface area contributed by atoms with Crippen molar-refractivity contribution >= 4 is 0 Å². The van der Waals surface area contributed by atoms with Crippen LogP contribution in [0.1, 0.15) is 51.8 Å². The highest BCUT2D eigenvalue weighted by Gasteiger charge is 2.26. The standard InChI is InChI=1S/C17H27FN2O/c1-13(16(21)15-6-5-14(18)11-19-15)12-20-9-4-7-17(2,3)8-10-20/h5-6,11,13,16,21H,4,7-10,12H2,1-3H3. The second kappa shape index (κ2) is 6.84. The first kappa shape index (κ1) is 16.4. The lowest BCUT2D eigenvalue weighted by molar-refractivity contribution is 0.0847. The predicted octanol–water partition coefficient (Wildman–Crippen LogP) is 3.40. The second-order valence-corrected chi connectivity index (χ2v) is 7.14. The maximum absolute atomic E-state index is 12.9. The van der Waals surface area contributed by atoms with Crippen LogP contribution in [0.25, 0.3) is 0 Å². The molecule has 0 spiro atoms. The van der Waals surface area contributed by atoms with E-state index < -0.39 is 6.10 Å². The Balaban J connectivity index is 1.91. The van der Waals surface area contributed by atoms with Crippen LogP contribution in [0, 0.1) is 17.2 Å². The Morgan fingerprint density at radius 3 is 2.76 bits per heavy atom. The molecule has 1 aliphatic heterocycles. The summed E-state index contributed by atoms with van der Waals surface area (Å²) in [7, 11) is 0. The van der Waals surface area contributed by atoms with Gasteiger partial charge in [-0.15, -0.1) is 0 Å². The van der Waals surface area contributed by atoms with Gasteiger partial charge in [0.05, 0.1) is 18.0 Å². The average molecular weight is 294 g/mol. The Kier molecular flexibility index (Phi) is 5.33. The van der Waals surface area contributed by atoms with Crippen LogP contribution in [-0.4, -0.2) is 34.6 Å². The smallest absolute Gasteiger partial charge is 0.141 e. The van der Waals surface area contributed by atoms with Crippen molar-refractivity contribution in [3.8, 4) is 0 Å². The van der Waals surface area contributed by atoms with E-state index >= 15 is 0 Å². The summed E-state index contributed by atoms with van der Waals surface area (Å²) < 4.78 is 12.9. The van der Waals surface area contributed by atoms with Gasteiger partial charge in [0.1, 0.15) is 5.82 Å². The van der Waals surface area contributed by atoms with Gasteiger partial charge in [0.15, 0.2) is 0 Å². The van der Waals surface area contributed by atoms with Crippen LogP contribution >= 0.6 is 0 Å². The van der Waals surface area contributed by atoms with Crippen molar-refractivity contribution in [2.45, 2.75) is 46.1 Å². The summed E-state index contributed by atoms with van der Waals surface area (Å²) in [6.07, 6.45) is 4.21. The first-order valence-corrected chi connectivity index (χ1v) is 7.89. The molecule has 2 rings (SSSR count). The minimum absolute atomic E-state index is 0.0872. The number of likely N-dealkylation sites (tertiary alicyclic amines) is 1. The van der Waals surface area contributed by atoms with Gasteiger partial charge >= 0.3 is 0 Å². The zero-order chi connectivity index (χ0) is 15.5. The summed E-state index contributed by atoms with van der Waals surface area (Å²) in [4.78, 5) is 6.43. The summed E-state index contributed by atoms with van der Waals surface area (Å²) in [5.41, 5.74) is 0.980. The highest BCUT2D eigenvalue weighted by atomic mass is 19.1. The molecule has 1 fully saturated rings. The third kappa shape index (κ3) is 4.75. The summed E-state index contributed by atoms with van der Waals surface area (Å²) in [6.45, 7) is 9.73. The van der Waals surface area contributed by atoms with Crippen molar-refractivity contribution in [1.82, 2.24) is 9.88 Å². The summed E-state index contributed by atoms with van der Waals surface area (Å²) >= 11 is 0. The van der Waals surface area contributed by atoms with Crippen molar-refractivity contribution < 1.29 is 9.50 Å². The molecule has 1 aliphatic rings. The lowest BCUT2D eigenvalue weighted by Gasteiger charge is -2.27. The van der Waals surface area contributed by atoms with E-state index in [1.807, 2.05) is 6.92 Å². The lowest BCUT2D eigenvalue weighted by Crippen LogP contribution is -2.32. The largest absolute Gasteiger partial charge is 0.386 e. The average Bonchev–Trinajstić information content (AvgIpc) is 2.60. The topological polar surface area (TPSA) is 36.4 Å². The van der Waals surface area contributed by atoms with Gasteiger partial charge in [-0.3, -0.25) is 4.98 Å². The Morgan fingerprint density at radius 2 is 2.10 bits per heavy atom. The first-order chi connectivity index (χ1) is 9.87. The van der Waals surface area contributed by atoms with Gasteiger partial charge in [0, 0.05) is 12.5 Å². The number of aliphatic hydroxyl groups is 1. The molecule has 4 heteroatoms. The SMILES string of the molecule is CC(CN1CCCC(C)(C)CC1)C(O)c1ccc(F)cn1. The molecule has 0 aromatic carbocycles. The van der Waals surface area contributed by atoms with Gasteiger partial charge in [0.2, 0.25) is 0 Å². The van der Waals surface area contributed by atoms with Crippen LogP contribution in [0.3, 0.4) is 0 Å². The molecule has 2 heterocycles. The summed E-state index contributed by atoms with van der Waals surface area (Å²) in [5.74, 6) is -0.280. The number of hydrogen-bond acceptors (Lipinski definition) is 3. The van der Waals surface area contributed by atoms with Gasteiger partial charge in [0.25, 0.3) is 0 Å². The molecule has 2 atom stereocenters. The molecule has 2 unspecified atom stereocenters. The van der Waals surface area contributed by atoms with E-state index in [9.17, 15) is 9.50 Å². The fraction of sp³-hybridized carbons (Fsp3) is 0.706. The summed E-state index contributed by atoms with van der Waals surface area (Å²) in [5, 5.41) is 10.4. The number of rotatable bonds is 4. The van der Waals surface area contributed by atoms with Crippen molar-refractivity contribution in [1.29, 1.82) is 0 Å². The molecule has 21 heavy (non-hydrogen) atoms. The highest BCUT2D eigenvalue weighted by molar-refractivity contribution is 5.08. The van der Waals surface area contributed by atoms with Gasteiger partial charge in [-0.25, -0.2) is 4.39 Å². The van der Waals surface area contributed by atoms with Crippen molar-refractivity contribution in [2.24, 2.45) is 11.3 Å². The maximum atomic E-state index is 12.9. The fourth-order valence-electron chi connectivity index (χ4n) is 3.02. The molecule has 1 aromatic heterocycles. The van der Waals surface area contributed by atoms with Crippen LogP contribution < -0.4 is 0 Å². The van der Waals surface area contributed by atoms with Crippen LogP contribution in [0.5, 0.6) is 0 Å². The van der Waals surface area contributed by atoms with Crippen molar-refractivity contribution in [3.63, 3.8) is 0 Å². The molecule has 0 radical (unpaired) electrons. The Bertz CT molecular complexity index is 447. The molecule has 1 aromatic rings. The first-order valence-electron chi connectivity index (χ1n) is 7.89.